The zero-order chi connectivity index (χ0) is 10.8. The van der Waals surface area contributed by atoms with Crippen LogP contribution in [0, 0.1) is 11.6 Å². The van der Waals surface area contributed by atoms with Gasteiger partial charge in [0, 0.05) is 5.56 Å². The summed E-state index contributed by atoms with van der Waals surface area (Å²) in [6, 6.07) is 3.86. The van der Waals surface area contributed by atoms with Crippen LogP contribution in [0.1, 0.15) is 5.56 Å². The molecule has 0 saturated heterocycles. The van der Waals surface area contributed by atoms with Gasteiger partial charge in [-0.25, -0.2) is 13.5 Å². The Bertz CT molecular complexity index is 482. The smallest absolute Gasteiger partial charge is 0.161 e. The van der Waals surface area contributed by atoms with Crippen LogP contribution in [0.2, 0.25) is 0 Å². The molecule has 0 bridgehead atoms. The van der Waals surface area contributed by atoms with Crippen molar-refractivity contribution >= 4 is 0 Å². The SMILES string of the molecule is OCc1cc(F)ccc1-n1cc(F)cn1. The van der Waals surface area contributed by atoms with Crippen molar-refractivity contribution in [2.24, 2.45) is 0 Å². The fourth-order valence-corrected chi connectivity index (χ4v) is 1.34. The van der Waals surface area contributed by atoms with Crippen LogP contribution in [0.4, 0.5) is 8.78 Å². The molecule has 2 rings (SSSR count). The molecule has 0 aliphatic rings. The number of aliphatic hydroxyl groups is 1. The van der Waals surface area contributed by atoms with Gasteiger partial charge in [0.1, 0.15) is 5.82 Å². The van der Waals surface area contributed by atoms with Crippen LogP contribution in [0.5, 0.6) is 0 Å². The van der Waals surface area contributed by atoms with E-state index < -0.39 is 11.6 Å². The summed E-state index contributed by atoms with van der Waals surface area (Å²) >= 11 is 0. The van der Waals surface area contributed by atoms with Crippen molar-refractivity contribution in [3.8, 4) is 5.69 Å². The van der Waals surface area contributed by atoms with Gasteiger partial charge in [0.15, 0.2) is 5.82 Å². The van der Waals surface area contributed by atoms with Gasteiger partial charge in [-0.15, -0.1) is 0 Å². The Hall–Kier alpha value is -1.75. The maximum absolute atomic E-state index is 12.8. The van der Waals surface area contributed by atoms with Crippen LogP contribution >= 0.6 is 0 Å². The summed E-state index contributed by atoms with van der Waals surface area (Å²) in [5.74, 6) is -0.932. The zero-order valence-electron chi connectivity index (χ0n) is 7.69. The summed E-state index contributed by atoms with van der Waals surface area (Å²) in [6.45, 7) is -0.325. The predicted molar refractivity (Wildman–Crippen MR) is 49.4 cm³/mol. The number of halogens is 2. The highest BCUT2D eigenvalue weighted by atomic mass is 19.1. The number of rotatable bonds is 2. The average Bonchev–Trinajstić information content (AvgIpc) is 2.64. The fraction of sp³-hybridized carbons (Fsp3) is 0.100. The van der Waals surface area contributed by atoms with Crippen LogP contribution < -0.4 is 0 Å². The number of aliphatic hydroxyl groups excluding tert-OH is 1. The molecular formula is C10H8F2N2O. The Morgan fingerprint density at radius 2 is 2.07 bits per heavy atom. The lowest BCUT2D eigenvalue weighted by atomic mass is 10.2. The summed E-state index contributed by atoms with van der Waals surface area (Å²) < 4.78 is 26.8. The van der Waals surface area contributed by atoms with E-state index in [9.17, 15) is 8.78 Å². The summed E-state index contributed by atoms with van der Waals surface area (Å²) in [5.41, 5.74) is 0.820. The van der Waals surface area contributed by atoms with Crippen molar-refractivity contribution in [1.29, 1.82) is 0 Å². The second-order valence-corrected chi connectivity index (χ2v) is 3.03. The third-order valence-corrected chi connectivity index (χ3v) is 2.01. The molecule has 1 aromatic carbocycles. The highest BCUT2D eigenvalue weighted by Gasteiger charge is 2.06. The van der Waals surface area contributed by atoms with E-state index in [2.05, 4.69) is 5.10 Å². The van der Waals surface area contributed by atoms with Crippen molar-refractivity contribution in [1.82, 2.24) is 9.78 Å². The molecular weight excluding hydrogens is 202 g/mol. The van der Waals surface area contributed by atoms with E-state index in [0.29, 0.717) is 11.3 Å². The van der Waals surface area contributed by atoms with Gasteiger partial charge in [0.05, 0.1) is 24.7 Å². The molecule has 2 aromatic rings. The van der Waals surface area contributed by atoms with Gasteiger partial charge >= 0.3 is 0 Å². The highest BCUT2D eigenvalue weighted by molar-refractivity contribution is 5.40. The topological polar surface area (TPSA) is 38.0 Å². The second kappa shape index (κ2) is 3.78. The monoisotopic (exact) mass is 210 g/mol. The molecule has 15 heavy (non-hydrogen) atoms. The first-order valence-electron chi connectivity index (χ1n) is 4.30. The Morgan fingerprint density at radius 1 is 1.27 bits per heavy atom. The number of hydrogen-bond acceptors (Lipinski definition) is 2. The fourth-order valence-electron chi connectivity index (χ4n) is 1.34. The summed E-state index contributed by atoms with van der Waals surface area (Å²) in [4.78, 5) is 0. The van der Waals surface area contributed by atoms with Crippen molar-refractivity contribution < 1.29 is 13.9 Å². The molecule has 0 fully saturated rings. The van der Waals surface area contributed by atoms with Crippen molar-refractivity contribution in [3.63, 3.8) is 0 Å². The molecule has 3 nitrogen and oxygen atoms in total. The number of aromatic nitrogens is 2. The van der Waals surface area contributed by atoms with Gasteiger partial charge in [0.2, 0.25) is 0 Å². The van der Waals surface area contributed by atoms with E-state index in [-0.39, 0.29) is 6.61 Å². The molecule has 0 radical (unpaired) electrons. The van der Waals surface area contributed by atoms with Gasteiger partial charge in [-0.2, -0.15) is 5.10 Å². The van der Waals surface area contributed by atoms with E-state index in [1.54, 1.807) is 0 Å². The molecule has 5 heteroatoms. The molecule has 0 saturated carbocycles. The maximum atomic E-state index is 12.8. The predicted octanol–water partition coefficient (Wildman–Crippen LogP) is 1.64. The molecule has 0 aliphatic heterocycles. The van der Waals surface area contributed by atoms with Gasteiger partial charge in [-0.1, -0.05) is 0 Å². The first kappa shape index (κ1) is 9.79. The second-order valence-electron chi connectivity index (χ2n) is 3.03. The standard InChI is InChI=1S/C10H8F2N2O/c11-8-1-2-10(7(3-8)6-15)14-5-9(12)4-13-14/h1-5,15H,6H2. The largest absolute Gasteiger partial charge is 0.392 e. The third kappa shape index (κ3) is 1.87. The number of hydrogen-bond donors (Lipinski definition) is 1. The Balaban J connectivity index is 2.52. The molecule has 0 amide bonds. The summed E-state index contributed by atoms with van der Waals surface area (Å²) in [6.07, 6.45) is 2.21. The summed E-state index contributed by atoms with van der Waals surface area (Å²) in [7, 11) is 0. The molecule has 1 heterocycles. The number of benzene rings is 1. The normalized spacial score (nSPS) is 10.6. The van der Waals surface area contributed by atoms with Crippen LogP contribution in [0.25, 0.3) is 5.69 Å². The minimum Gasteiger partial charge on any atom is -0.392 e. The maximum Gasteiger partial charge on any atom is 0.161 e. The van der Waals surface area contributed by atoms with Gasteiger partial charge in [-0.3, -0.25) is 0 Å². The zero-order valence-corrected chi connectivity index (χ0v) is 7.69. The Labute approximate surface area is 84.6 Å². The van der Waals surface area contributed by atoms with E-state index >= 15 is 0 Å². The number of nitrogens with zero attached hydrogens (tertiary/aromatic N) is 2. The molecule has 0 spiro atoms. The molecule has 0 aliphatic carbocycles. The van der Waals surface area contributed by atoms with E-state index in [4.69, 9.17) is 5.11 Å². The van der Waals surface area contributed by atoms with Crippen LogP contribution in [0.3, 0.4) is 0 Å². The Morgan fingerprint density at radius 3 is 2.67 bits per heavy atom. The lowest BCUT2D eigenvalue weighted by Gasteiger charge is -2.06. The van der Waals surface area contributed by atoms with Crippen LogP contribution in [0.15, 0.2) is 30.6 Å². The van der Waals surface area contributed by atoms with Gasteiger partial charge in [0.25, 0.3) is 0 Å². The highest BCUT2D eigenvalue weighted by Crippen LogP contribution is 2.15. The van der Waals surface area contributed by atoms with Gasteiger partial charge in [-0.05, 0) is 18.2 Å². The van der Waals surface area contributed by atoms with E-state index in [0.717, 1.165) is 12.4 Å². The van der Waals surface area contributed by atoms with Crippen molar-refractivity contribution in [3.05, 3.63) is 47.8 Å². The van der Waals surface area contributed by atoms with Gasteiger partial charge < -0.3 is 5.11 Å². The van der Waals surface area contributed by atoms with E-state index in [1.807, 2.05) is 0 Å². The summed E-state index contributed by atoms with van der Waals surface area (Å²) in [5, 5.41) is 12.7. The first-order chi connectivity index (χ1) is 7.20. The molecule has 1 N–H and O–H groups in total. The average molecular weight is 210 g/mol. The molecule has 1 aromatic heterocycles. The minimum absolute atomic E-state index is 0.325. The first-order valence-corrected chi connectivity index (χ1v) is 4.30. The van der Waals surface area contributed by atoms with Crippen LogP contribution in [-0.4, -0.2) is 14.9 Å². The lowest BCUT2D eigenvalue weighted by Crippen LogP contribution is -2.00. The molecule has 0 unspecified atom stereocenters. The Kier molecular flexibility index (Phi) is 2.47. The van der Waals surface area contributed by atoms with Crippen molar-refractivity contribution in [2.45, 2.75) is 6.61 Å². The quantitative estimate of drug-likeness (QED) is 0.818. The minimum atomic E-state index is -0.483. The third-order valence-electron chi connectivity index (χ3n) is 2.01. The molecule has 0 atom stereocenters. The van der Waals surface area contributed by atoms with Crippen molar-refractivity contribution in [2.75, 3.05) is 0 Å². The lowest BCUT2D eigenvalue weighted by molar-refractivity contribution is 0.280. The van der Waals surface area contributed by atoms with Crippen LogP contribution in [-0.2, 0) is 6.61 Å². The van der Waals surface area contributed by atoms with E-state index in [1.165, 1.54) is 22.9 Å². The molecule has 78 valence electrons.